The number of rotatable bonds is 5. The summed E-state index contributed by atoms with van der Waals surface area (Å²) >= 11 is 8.17. The number of nitrogen functional groups attached to an aromatic ring is 1. The lowest BCUT2D eigenvalue weighted by atomic mass is 10.1. The van der Waals surface area contributed by atoms with Crippen molar-refractivity contribution in [3.8, 4) is 0 Å². The maximum Gasteiger partial charge on any atom is 0.340 e. The lowest BCUT2D eigenvalue weighted by Gasteiger charge is -2.26. The van der Waals surface area contributed by atoms with Gasteiger partial charge in [-0.3, -0.25) is 4.90 Å². The van der Waals surface area contributed by atoms with Gasteiger partial charge in [0, 0.05) is 43.4 Å². The molecule has 1 saturated heterocycles. The number of carbonyl (C=O) groups excluding carboxylic acids is 1. The van der Waals surface area contributed by atoms with Gasteiger partial charge in [-0.15, -0.1) is 0 Å². The minimum Gasteiger partial charge on any atom is -0.465 e. The highest BCUT2D eigenvalue weighted by atomic mass is 35.5. The Balaban J connectivity index is 2.02. The van der Waals surface area contributed by atoms with Gasteiger partial charge in [0.15, 0.2) is 0 Å². The largest absolute Gasteiger partial charge is 0.465 e. The Kier molecular flexibility index (Phi) is 6.02. The van der Waals surface area contributed by atoms with Gasteiger partial charge in [0.2, 0.25) is 0 Å². The number of esters is 1. The third kappa shape index (κ3) is 4.43. The molecule has 0 saturated carbocycles. The molecule has 3 N–H and O–H groups in total. The molecule has 0 radical (unpaired) electrons. The first-order valence-corrected chi connectivity index (χ1v) is 8.36. The van der Waals surface area contributed by atoms with E-state index in [0.29, 0.717) is 22.0 Å². The summed E-state index contributed by atoms with van der Waals surface area (Å²) in [5.41, 5.74) is 7.14. The molecule has 0 aliphatic carbocycles. The Morgan fingerprint density at radius 2 is 2.19 bits per heavy atom. The fourth-order valence-corrected chi connectivity index (χ4v) is 3.52. The van der Waals surface area contributed by atoms with Crippen molar-refractivity contribution in [1.82, 2.24) is 4.90 Å². The number of benzene rings is 1. The van der Waals surface area contributed by atoms with Gasteiger partial charge in [0.05, 0.1) is 23.4 Å². The van der Waals surface area contributed by atoms with Crippen LogP contribution in [0.15, 0.2) is 12.1 Å². The molecule has 116 valence electrons. The molecule has 5 nitrogen and oxygen atoms in total. The fraction of sp³-hybridized carbons (Fsp3) is 0.500. The lowest BCUT2D eigenvalue weighted by molar-refractivity contribution is 0.0602. The van der Waals surface area contributed by atoms with Gasteiger partial charge in [-0.05, 0) is 12.1 Å². The minimum absolute atomic E-state index is 0.372. The number of nitrogens with zero attached hydrogens (tertiary/aromatic N) is 1. The van der Waals surface area contributed by atoms with E-state index in [4.69, 9.17) is 22.1 Å². The number of methoxy groups -OCH3 is 1. The molecule has 0 atom stereocenters. The molecule has 1 aliphatic rings. The van der Waals surface area contributed by atoms with E-state index in [2.05, 4.69) is 10.2 Å². The van der Waals surface area contributed by atoms with E-state index in [1.807, 2.05) is 11.8 Å². The molecule has 1 fully saturated rings. The number of hydrogen-bond donors (Lipinski definition) is 2. The summed E-state index contributed by atoms with van der Waals surface area (Å²) in [6, 6.07) is 3.21. The van der Waals surface area contributed by atoms with Crippen LogP contribution in [0.2, 0.25) is 5.02 Å². The summed E-state index contributed by atoms with van der Waals surface area (Å²) in [7, 11) is 1.34. The predicted molar refractivity (Wildman–Crippen MR) is 89.5 cm³/mol. The average molecular weight is 330 g/mol. The van der Waals surface area contributed by atoms with Crippen LogP contribution >= 0.6 is 23.4 Å². The van der Waals surface area contributed by atoms with Crippen LogP contribution in [0, 0.1) is 0 Å². The van der Waals surface area contributed by atoms with Crippen LogP contribution in [0.1, 0.15) is 10.4 Å². The van der Waals surface area contributed by atoms with Gasteiger partial charge in [-0.25, -0.2) is 4.79 Å². The van der Waals surface area contributed by atoms with Gasteiger partial charge in [0.1, 0.15) is 0 Å². The summed E-state index contributed by atoms with van der Waals surface area (Å²) in [6.45, 7) is 3.84. The molecule has 0 aromatic heterocycles. The minimum atomic E-state index is -0.443. The van der Waals surface area contributed by atoms with Crippen molar-refractivity contribution in [3.05, 3.63) is 22.7 Å². The molecule has 7 heteroatoms. The summed E-state index contributed by atoms with van der Waals surface area (Å²) in [4.78, 5) is 14.2. The maximum absolute atomic E-state index is 11.8. The van der Waals surface area contributed by atoms with Gasteiger partial charge in [-0.2, -0.15) is 11.8 Å². The Morgan fingerprint density at radius 1 is 1.48 bits per heavy atom. The SMILES string of the molecule is COC(=O)c1cc(N)cc(Cl)c1NCCN1CCSCC1. The predicted octanol–water partition coefficient (Wildman–Crippen LogP) is 2.17. The van der Waals surface area contributed by atoms with E-state index >= 15 is 0 Å². The number of carbonyl (C=O) groups is 1. The van der Waals surface area contributed by atoms with Crippen LogP contribution in [0.25, 0.3) is 0 Å². The normalized spacial score (nSPS) is 15.7. The smallest absolute Gasteiger partial charge is 0.340 e. The van der Waals surface area contributed by atoms with Gasteiger partial charge in [-0.1, -0.05) is 11.6 Å². The molecule has 0 spiro atoms. The third-order valence-electron chi connectivity index (χ3n) is 3.35. The molecule has 0 amide bonds. The second-order valence-electron chi connectivity index (χ2n) is 4.80. The zero-order valence-electron chi connectivity index (χ0n) is 12.0. The van der Waals surface area contributed by atoms with Crippen molar-refractivity contribution in [3.63, 3.8) is 0 Å². The molecule has 21 heavy (non-hydrogen) atoms. The Morgan fingerprint density at radius 3 is 2.86 bits per heavy atom. The van der Waals surface area contributed by atoms with Crippen molar-refractivity contribution in [2.75, 3.05) is 55.8 Å². The summed E-state index contributed by atoms with van der Waals surface area (Å²) in [5.74, 6) is 1.91. The van der Waals surface area contributed by atoms with Crippen LogP contribution in [0.4, 0.5) is 11.4 Å². The van der Waals surface area contributed by atoms with E-state index in [1.165, 1.54) is 18.6 Å². The zero-order chi connectivity index (χ0) is 15.2. The molecule has 1 aromatic carbocycles. The molecule has 0 unspecified atom stereocenters. The first-order chi connectivity index (χ1) is 10.1. The quantitative estimate of drug-likeness (QED) is 0.637. The third-order valence-corrected chi connectivity index (χ3v) is 4.59. The number of nitrogens with one attached hydrogen (secondary N) is 1. The topological polar surface area (TPSA) is 67.6 Å². The fourth-order valence-electron chi connectivity index (χ4n) is 2.24. The standard InChI is InChI=1S/C14H20ClN3O2S/c1-20-14(19)11-8-10(16)9-12(15)13(11)17-2-3-18-4-6-21-7-5-18/h8-9,17H,2-7,16H2,1H3. The molecule has 2 rings (SSSR count). The lowest BCUT2D eigenvalue weighted by Crippen LogP contribution is -2.36. The van der Waals surface area contributed by atoms with Crippen molar-refractivity contribution in [2.24, 2.45) is 0 Å². The van der Waals surface area contributed by atoms with Gasteiger partial charge in [0.25, 0.3) is 0 Å². The van der Waals surface area contributed by atoms with Crippen LogP contribution in [0.3, 0.4) is 0 Å². The van der Waals surface area contributed by atoms with Crippen molar-refractivity contribution in [2.45, 2.75) is 0 Å². The number of thioether (sulfide) groups is 1. The molecule has 1 aromatic rings. The second kappa shape index (κ2) is 7.77. The molecular formula is C14H20ClN3O2S. The number of ether oxygens (including phenoxy) is 1. The molecular weight excluding hydrogens is 310 g/mol. The van der Waals surface area contributed by atoms with Crippen LogP contribution in [0.5, 0.6) is 0 Å². The first-order valence-electron chi connectivity index (χ1n) is 6.83. The van der Waals surface area contributed by atoms with Crippen LogP contribution in [-0.4, -0.2) is 55.7 Å². The maximum atomic E-state index is 11.8. The second-order valence-corrected chi connectivity index (χ2v) is 6.43. The van der Waals surface area contributed by atoms with E-state index in [-0.39, 0.29) is 0 Å². The van der Waals surface area contributed by atoms with Crippen molar-refractivity contribution >= 4 is 40.7 Å². The first kappa shape index (κ1) is 16.3. The van der Waals surface area contributed by atoms with E-state index in [1.54, 1.807) is 12.1 Å². The van der Waals surface area contributed by atoms with E-state index < -0.39 is 5.97 Å². The molecule has 0 bridgehead atoms. The van der Waals surface area contributed by atoms with Crippen LogP contribution < -0.4 is 11.1 Å². The highest BCUT2D eigenvalue weighted by Gasteiger charge is 2.16. The summed E-state index contributed by atoms with van der Waals surface area (Å²) < 4.78 is 4.78. The Bertz CT molecular complexity index is 507. The zero-order valence-corrected chi connectivity index (χ0v) is 13.6. The monoisotopic (exact) mass is 329 g/mol. The Labute approximate surface area is 134 Å². The average Bonchev–Trinajstić information content (AvgIpc) is 2.49. The van der Waals surface area contributed by atoms with Crippen molar-refractivity contribution in [1.29, 1.82) is 0 Å². The van der Waals surface area contributed by atoms with Gasteiger partial charge < -0.3 is 15.8 Å². The van der Waals surface area contributed by atoms with Crippen molar-refractivity contribution < 1.29 is 9.53 Å². The van der Waals surface area contributed by atoms with Gasteiger partial charge >= 0.3 is 5.97 Å². The Hall–Kier alpha value is -1.11. The number of hydrogen-bond acceptors (Lipinski definition) is 6. The number of nitrogens with two attached hydrogens (primary N) is 1. The summed E-state index contributed by atoms with van der Waals surface area (Å²) in [5, 5.41) is 3.67. The summed E-state index contributed by atoms with van der Waals surface area (Å²) in [6.07, 6.45) is 0. The highest BCUT2D eigenvalue weighted by molar-refractivity contribution is 7.99. The highest BCUT2D eigenvalue weighted by Crippen LogP contribution is 2.29. The number of anilines is 2. The van der Waals surface area contributed by atoms with E-state index in [0.717, 1.165) is 26.2 Å². The molecule has 1 heterocycles. The van der Waals surface area contributed by atoms with Crippen LogP contribution in [-0.2, 0) is 4.74 Å². The number of halogens is 1. The van der Waals surface area contributed by atoms with E-state index in [9.17, 15) is 4.79 Å². The molecule has 1 aliphatic heterocycles.